The Morgan fingerprint density at radius 1 is 1.40 bits per heavy atom. The third kappa shape index (κ3) is 3.52. The summed E-state index contributed by atoms with van der Waals surface area (Å²) in [5.74, 6) is 0. The van der Waals surface area contributed by atoms with Crippen molar-refractivity contribution >= 4 is 21.6 Å². The van der Waals surface area contributed by atoms with Crippen molar-refractivity contribution in [2.24, 2.45) is 0 Å². The summed E-state index contributed by atoms with van der Waals surface area (Å²) in [5, 5.41) is 3.92. The van der Waals surface area contributed by atoms with Crippen LogP contribution >= 0.6 is 11.6 Å². The Labute approximate surface area is 126 Å². The highest BCUT2D eigenvalue weighted by Crippen LogP contribution is 2.23. The van der Waals surface area contributed by atoms with Gasteiger partial charge in [0.15, 0.2) is 0 Å². The molecule has 0 radical (unpaired) electrons. The van der Waals surface area contributed by atoms with Gasteiger partial charge in [-0.15, -0.1) is 0 Å². The highest BCUT2D eigenvalue weighted by Gasteiger charge is 2.25. The lowest BCUT2D eigenvalue weighted by Gasteiger charge is -2.28. The molecule has 0 spiro atoms. The molecule has 6 heteroatoms. The van der Waals surface area contributed by atoms with Gasteiger partial charge in [0.2, 0.25) is 10.0 Å². The van der Waals surface area contributed by atoms with E-state index in [0.29, 0.717) is 22.0 Å². The van der Waals surface area contributed by atoms with E-state index in [1.807, 2.05) is 0 Å². The SMILES string of the molecule is Cc1cc(Cl)ccc1S(=O)(=O)N(C)CC1CCCCN1. The maximum atomic E-state index is 12.6. The first-order valence-electron chi connectivity index (χ1n) is 6.87. The van der Waals surface area contributed by atoms with Crippen LogP contribution in [0.2, 0.25) is 5.02 Å². The molecule has 0 bridgehead atoms. The van der Waals surface area contributed by atoms with Crippen molar-refractivity contribution < 1.29 is 8.42 Å². The number of aryl methyl sites for hydroxylation is 1. The van der Waals surface area contributed by atoms with E-state index in [2.05, 4.69) is 5.32 Å². The van der Waals surface area contributed by atoms with Gasteiger partial charge in [0.1, 0.15) is 0 Å². The minimum atomic E-state index is -3.45. The predicted molar refractivity (Wildman–Crippen MR) is 81.6 cm³/mol. The zero-order valence-electron chi connectivity index (χ0n) is 11.9. The predicted octanol–water partition coefficient (Wildman–Crippen LogP) is 2.41. The van der Waals surface area contributed by atoms with E-state index in [-0.39, 0.29) is 6.04 Å². The van der Waals surface area contributed by atoms with Crippen molar-refractivity contribution in [3.63, 3.8) is 0 Å². The molecular formula is C14H21ClN2O2S. The highest BCUT2D eigenvalue weighted by atomic mass is 35.5. The molecule has 1 aromatic carbocycles. The first kappa shape index (κ1) is 15.8. The van der Waals surface area contributed by atoms with Gasteiger partial charge in [0.25, 0.3) is 0 Å². The van der Waals surface area contributed by atoms with Crippen LogP contribution in [0.1, 0.15) is 24.8 Å². The molecule has 0 aliphatic carbocycles. The van der Waals surface area contributed by atoms with Crippen LogP contribution in [0.25, 0.3) is 0 Å². The third-order valence-electron chi connectivity index (χ3n) is 3.72. The molecule has 0 aromatic heterocycles. The Morgan fingerprint density at radius 2 is 2.15 bits per heavy atom. The summed E-state index contributed by atoms with van der Waals surface area (Å²) < 4.78 is 26.6. The number of likely N-dealkylation sites (N-methyl/N-ethyl adjacent to an activating group) is 1. The van der Waals surface area contributed by atoms with Gasteiger partial charge in [-0.05, 0) is 50.1 Å². The average Bonchev–Trinajstić information content (AvgIpc) is 2.39. The van der Waals surface area contributed by atoms with Gasteiger partial charge in [-0.2, -0.15) is 4.31 Å². The summed E-state index contributed by atoms with van der Waals surface area (Å²) in [7, 11) is -1.81. The van der Waals surface area contributed by atoms with Gasteiger partial charge in [0.05, 0.1) is 4.90 Å². The van der Waals surface area contributed by atoms with Crippen LogP contribution in [-0.4, -0.2) is 38.9 Å². The van der Waals surface area contributed by atoms with E-state index in [1.165, 1.54) is 10.7 Å². The fourth-order valence-electron chi connectivity index (χ4n) is 2.56. The van der Waals surface area contributed by atoms with Crippen molar-refractivity contribution in [2.75, 3.05) is 20.1 Å². The maximum absolute atomic E-state index is 12.6. The Kier molecular flexibility index (Phi) is 5.07. The molecule has 1 heterocycles. The largest absolute Gasteiger partial charge is 0.313 e. The van der Waals surface area contributed by atoms with Gasteiger partial charge >= 0.3 is 0 Å². The zero-order valence-corrected chi connectivity index (χ0v) is 13.5. The number of sulfonamides is 1. The topological polar surface area (TPSA) is 49.4 Å². The maximum Gasteiger partial charge on any atom is 0.243 e. The van der Waals surface area contributed by atoms with Crippen LogP contribution in [0.5, 0.6) is 0 Å². The van der Waals surface area contributed by atoms with Crippen LogP contribution in [0.3, 0.4) is 0 Å². The number of piperidine rings is 1. The van der Waals surface area contributed by atoms with Crippen molar-refractivity contribution in [3.05, 3.63) is 28.8 Å². The van der Waals surface area contributed by atoms with E-state index >= 15 is 0 Å². The number of hydrogen-bond donors (Lipinski definition) is 1. The summed E-state index contributed by atoms with van der Waals surface area (Å²) in [6.07, 6.45) is 3.36. The average molecular weight is 317 g/mol. The Hall–Kier alpha value is -0.620. The summed E-state index contributed by atoms with van der Waals surface area (Å²) >= 11 is 5.88. The smallest absolute Gasteiger partial charge is 0.243 e. The van der Waals surface area contributed by atoms with Crippen molar-refractivity contribution in [1.82, 2.24) is 9.62 Å². The Balaban J connectivity index is 2.16. The fourth-order valence-corrected chi connectivity index (χ4v) is 4.20. The molecule has 1 aliphatic heterocycles. The molecular weight excluding hydrogens is 296 g/mol. The van der Waals surface area contributed by atoms with Crippen LogP contribution in [0, 0.1) is 6.92 Å². The highest BCUT2D eigenvalue weighted by molar-refractivity contribution is 7.89. The van der Waals surface area contributed by atoms with Crippen molar-refractivity contribution in [3.8, 4) is 0 Å². The Bertz CT molecular complexity index is 569. The number of benzene rings is 1. The monoisotopic (exact) mass is 316 g/mol. The lowest BCUT2D eigenvalue weighted by atomic mass is 10.1. The molecule has 1 atom stereocenters. The quantitative estimate of drug-likeness (QED) is 0.928. The summed E-state index contributed by atoms with van der Waals surface area (Å²) in [4.78, 5) is 0.334. The summed E-state index contributed by atoms with van der Waals surface area (Å²) in [6, 6.07) is 5.13. The molecule has 1 saturated heterocycles. The van der Waals surface area contributed by atoms with Crippen LogP contribution < -0.4 is 5.32 Å². The Morgan fingerprint density at radius 3 is 2.75 bits per heavy atom. The molecule has 1 aromatic rings. The second-order valence-electron chi connectivity index (χ2n) is 5.34. The van der Waals surface area contributed by atoms with Crippen LogP contribution in [-0.2, 0) is 10.0 Å². The number of nitrogens with one attached hydrogen (secondary N) is 1. The van der Waals surface area contributed by atoms with Crippen molar-refractivity contribution in [1.29, 1.82) is 0 Å². The van der Waals surface area contributed by atoms with E-state index in [4.69, 9.17) is 11.6 Å². The second kappa shape index (κ2) is 6.43. The first-order chi connectivity index (χ1) is 9.41. The molecule has 1 aliphatic rings. The van der Waals surface area contributed by atoms with Gasteiger partial charge in [-0.1, -0.05) is 18.0 Å². The van der Waals surface area contributed by atoms with Gasteiger partial charge in [-0.3, -0.25) is 0 Å². The number of nitrogens with zero attached hydrogens (tertiary/aromatic N) is 1. The van der Waals surface area contributed by atoms with E-state index in [0.717, 1.165) is 19.4 Å². The molecule has 2 rings (SSSR count). The van der Waals surface area contributed by atoms with Crippen LogP contribution in [0.15, 0.2) is 23.1 Å². The molecule has 0 saturated carbocycles. The van der Waals surface area contributed by atoms with E-state index < -0.39 is 10.0 Å². The molecule has 20 heavy (non-hydrogen) atoms. The van der Waals surface area contributed by atoms with E-state index in [9.17, 15) is 8.42 Å². The first-order valence-corrected chi connectivity index (χ1v) is 8.69. The summed E-state index contributed by atoms with van der Waals surface area (Å²) in [6.45, 7) is 3.24. The molecule has 1 unspecified atom stereocenters. The summed E-state index contributed by atoms with van der Waals surface area (Å²) in [5.41, 5.74) is 0.681. The minimum Gasteiger partial charge on any atom is -0.313 e. The zero-order chi connectivity index (χ0) is 14.8. The van der Waals surface area contributed by atoms with Gasteiger partial charge in [-0.25, -0.2) is 8.42 Å². The second-order valence-corrected chi connectivity index (χ2v) is 7.79. The van der Waals surface area contributed by atoms with Gasteiger partial charge < -0.3 is 5.32 Å². The lowest BCUT2D eigenvalue weighted by Crippen LogP contribution is -2.44. The van der Waals surface area contributed by atoms with E-state index in [1.54, 1.807) is 32.2 Å². The lowest BCUT2D eigenvalue weighted by molar-refractivity contribution is 0.337. The molecule has 1 fully saturated rings. The number of rotatable bonds is 4. The molecule has 112 valence electrons. The fraction of sp³-hybridized carbons (Fsp3) is 0.571. The minimum absolute atomic E-state index is 0.246. The number of hydrogen-bond acceptors (Lipinski definition) is 3. The molecule has 4 nitrogen and oxygen atoms in total. The van der Waals surface area contributed by atoms with Crippen molar-refractivity contribution in [2.45, 2.75) is 37.1 Å². The number of halogens is 1. The molecule has 1 N–H and O–H groups in total. The standard InChI is InChI=1S/C14H21ClN2O2S/c1-11-9-12(15)6-7-14(11)20(18,19)17(2)10-13-5-3-4-8-16-13/h6-7,9,13,16H,3-5,8,10H2,1-2H3. The van der Waals surface area contributed by atoms with Gasteiger partial charge in [0, 0.05) is 24.7 Å². The molecule has 0 amide bonds. The van der Waals surface area contributed by atoms with Crippen LogP contribution in [0.4, 0.5) is 0 Å². The normalized spacial score (nSPS) is 20.3. The third-order valence-corrected chi connectivity index (χ3v) is 5.93.